The highest BCUT2D eigenvalue weighted by atomic mass is 16.6. The summed E-state index contributed by atoms with van der Waals surface area (Å²) in [5.41, 5.74) is 1.55. The van der Waals surface area contributed by atoms with Crippen LogP contribution in [-0.2, 0) is 0 Å². The van der Waals surface area contributed by atoms with Crippen molar-refractivity contribution >= 4 is 5.69 Å². The maximum Gasteiger partial charge on any atom is 0.310 e. The van der Waals surface area contributed by atoms with E-state index < -0.39 is 4.92 Å². The molecule has 1 rings (SSSR count). The highest BCUT2D eigenvalue weighted by Gasteiger charge is 2.17. The lowest BCUT2D eigenvalue weighted by molar-refractivity contribution is -0.385. The predicted molar refractivity (Wildman–Crippen MR) is 53.6 cm³/mol. The van der Waals surface area contributed by atoms with Gasteiger partial charge in [0.15, 0.2) is 5.75 Å². The van der Waals surface area contributed by atoms with Gasteiger partial charge >= 0.3 is 5.69 Å². The lowest BCUT2D eigenvalue weighted by Crippen LogP contribution is -1.96. The molecule has 0 amide bonds. The van der Waals surface area contributed by atoms with Gasteiger partial charge in [-0.3, -0.25) is 10.1 Å². The van der Waals surface area contributed by atoms with E-state index in [1.54, 1.807) is 0 Å². The molecule has 1 N–H and O–H groups in total. The minimum absolute atomic E-state index is 0.217. The van der Waals surface area contributed by atoms with Crippen LogP contribution in [0.3, 0.4) is 0 Å². The van der Waals surface area contributed by atoms with Gasteiger partial charge in [-0.1, -0.05) is 13.8 Å². The zero-order chi connectivity index (χ0) is 10.9. The van der Waals surface area contributed by atoms with Crippen molar-refractivity contribution in [2.45, 2.75) is 26.7 Å². The molecule has 4 nitrogen and oxygen atoms in total. The monoisotopic (exact) mass is 195 g/mol. The first-order valence-electron chi connectivity index (χ1n) is 4.41. The van der Waals surface area contributed by atoms with Gasteiger partial charge < -0.3 is 5.11 Å². The van der Waals surface area contributed by atoms with Gasteiger partial charge in [0.2, 0.25) is 0 Å². The van der Waals surface area contributed by atoms with E-state index in [1.807, 2.05) is 20.8 Å². The molecule has 0 fully saturated rings. The second kappa shape index (κ2) is 3.65. The number of nitro benzene ring substituents is 1. The number of rotatable bonds is 2. The first-order valence-corrected chi connectivity index (χ1v) is 4.41. The molecule has 4 heteroatoms. The molecule has 1 aromatic carbocycles. The van der Waals surface area contributed by atoms with Crippen LogP contribution in [0.2, 0.25) is 0 Å². The maximum absolute atomic E-state index is 10.6. The highest BCUT2D eigenvalue weighted by molar-refractivity contribution is 5.51. The van der Waals surface area contributed by atoms with E-state index >= 15 is 0 Å². The number of hydrogen-bond acceptors (Lipinski definition) is 3. The summed E-state index contributed by atoms with van der Waals surface area (Å²) in [6.45, 7) is 5.75. The Balaban J connectivity index is 3.34. The van der Waals surface area contributed by atoms with Gasteiger partial charge in [0.05, 0.1) is 4.92 Å². The van der Waals surface area contributed by atoms with Crippen LogP contribution in [0.4, 0.5) is 5.69 Å². The number of phenolic OH excluding ortho intramolecular Hbond substituents is 1. The Hall–Kier alpha value is -1.58. The molecular weight excluding hydrogens is 182 g/mol. The van der Waals surface area contributed by atoms with Crippen molar-refractivity contribution in [3.63, 3.8) is 0 Å². The quantitative estimate of drug-likeness (QED) is 0.583. The normalized spacial score (nSPS) is 10.6. The highest BCUT2D eigenvalue weighted by Crippen LogP contribution is 2.32. The molecule has 1 aromatic rings. The van der Waals surface area contributed by atoms with Gasteiger partial charge in [-0.15, -0.1) is 0 Å². The van der Waals surface area contributed by atoms with Crippen molar-refractivity contribution in [3.8, 4) is 5.75 Å². The zero-order valence-electron chi connectivity index (χ0n) is 8.44. The molecule has 0 saturated heterocycles. The standard InChI is InChI=1S/C10H13NO3/c1-6(2)8-5-9(11(13)14)10(12)4-7(8)3/h4-6,12H,1-3H3. The van der Waals surface area contributed by atoms with Gasteiger partial charge in [0, 0.05) is 6.07 Å². The fourth-order valence-corrected chi connectivity index (χ4v) is 1.47. The maximum atomic E-state index is 10.6. The Morgan fingerprint density at radius 2 is 2.00 bits per heavy atom. The van der Waals surface area contributed by atoms with Crippen LogP contribution < -0.4 is 0 Å². The van der Waals surface area contributed by atoms with Crippen molar-refractivity contribution in [2.24, 2.45) is 0 Å². The lowest BCUT2D eigenvalue weighted by atomic mass is 9.97. The summed E-state index contributed by atoms with van der Waals surface area (Å²) in [5, 5.41) is 19.9. The molecule has 0 heterocycles. The number of aromatic hydroxyl groups is 1. The van der Waals surface area contributed by atoms with E-state index in [1.165, 1.54) is 12.1 Å². The third-order valence-electron chi connectivity index (χ3n) is 2.18. The van der Waals surface area contributed by atoms with E-state index in [-0.39, 0.29) is 17.4 Å². The van der Waals surface area contributed by atoms with Crippen LogP contribution in [0, 0.1) is 17.0 Å². The van der Waals surface area contributed by atoms with Crippen LogP contribution >= 0.6 is 0 Å². The summed E-state index contributed by atoms with van der Waals surface area (Å²) in [6, 6.07) is 2.88. The summed E-state index contributed by atoms with van der Waals surface area (Å²) in [7, 11) is 0. The van der Waals surface area contributed by atoms with E-state index in [2.05, 4.69) is 0 Å². The predicted octanol–water partition coefficient (Wildman–Crippen LogP) is 2.73. The molecule has 0 unspecified atom stereocenters. The molecule has 0 aromatic heterocycles. The SMILES string of the molecule is Cc1cc(O)c([N+](=O)[O-])cc1C(C)C. The first-order chi connectivity index (χ1) is 6.43. The summed E-state index contributed by atoms with van der Waals surface area (Å²) in [5.74, 6) is -0.0498. The number of nitrogens with zero attached hydrogens (tertiary/aromatic N) is 1. The van der Waals surface area contributed by atoms with Crippen molar-refractivity contribution in [2.75, 3.05) is 0 Å². The van der Waals surface area contributed by atoms with E-state index in [0.29, 0.717) is 0 Å². The molecule has 76 valence electrons. The number of hydrogen-bond donors (Lipinski definition) is 1. The van der Waals surface area contributed by atoms with Gasteiger partial charge in [0.25, 0.3) is 0 Å². The third kappa shape index (κ3) is 1.84. The third-order valence-corrected chi connectivity index (χ3v) is 2.18. The molecule has 0 spiro atoms. The van der Waals surface area contributed by atoms with E-state index in [9.17, 15) is 15.2 Å². The largest absolute Gasteiger partial charge is 0.502 e. The first kappa shape index (κ1) is 10.5. The fourth-order valence-electron chi connectivity index (χ4n) is 1.47. The molecule has 0 aliphatic heterocycles. The van der Waals surface area contributed by atoms with Crippen LogP contribution in [-0.4, -0.2) is 10.0 Å². The number of benzene rings is 1. The molecule has 0 aliphatic rings. The summed E-state index contributed by atoms with van der Waals surface area (Å²) < 4.78 is 0. The van der Waals surface area contributed by atoms with E-state index in [4.69, 9.17) is 0 Å². The molecule has 0 radical (unpaired) electrons. The van der Waals surface area contributed by atoms with Crippen LogP contribution in [0.15, 0.2) is 12.1 Å². The molecular formula is C10H13NO3. The molecule has 0 saturated carbocycles. The molecule has 0 atom stereocenters. The van der Waals surface area contributed by atoms with Gasteiger partial charge in [0.1, 0.15) is 0 Å². The summed E-state index contributed by atoms with van der Waals surface area (Å²) >= 11 is 0. The lowest BCUT2D eigenvalue weighted by Gasteiger charge is -2.09. The van der Waals surface area contributed by atoms with E-state index in [0.717, 1.165) is 11.1 Å². The Labute approximate surface area is 82.3 Å². The number of nitro groups is 1. The Bertz CT molecular complexity index is 372. The van der Waals surface area contributed by atoms with Gasteiger partial charge in [-0.2, -0.15) is 0 Å². The average Bonchev–Trinajstić information content (AvgIpc) is 2.02. The topological polar surface area (TPSA) is 63.4 Å². The summed E-state index contributed by atoms with van der Waals surface area (Å²) in [6.07, 6.45) is 0. The Morgan fingerprint density at radius 1 is 1.43 bits per heavy atom. The average molecular weight is 195 g/mol. The van der Waals surface area contributed by atoms with Crippen LogP contribution in [0.25, 0.3) is 0 Å². The molecule has 0 aliphatic carbocycles. The Kier molecular flexibility index (Phi) is 2.74. The minimum atomic E-state index is -0.569. The minimum Gasteiger partial charge on any atom is -0.502 e. The Morgan fingerprint density at radius 3 is 2.43 bits per heavy atom. The second-order valence-corrected chi connectivity index (χ2v) is 3.61. The summed E-state index contributed by atoms with van der Waals surface area (Å²) in [4.78, 5) is 9.98. The van der Waals surface area contributed by atoms with Crippen molar-refractivity contribution in [1.82, 2.24) is 0 Å². The number of phenols is 1. The fraction of sp³-hybridized carbons (Fsp3) is 0.400. The second-order valence-electron chi connectivity index (χ2n) is 3.61. The molecule has 0 bridgehead atoms. The number of aryl methyl sites for hydroxylation is 1. The van der Waals surface area contributed by atoms with Crippen LogP contribution in [0.1, 0.15) is 30.9 Å². The van der Waals surface area contributed by atoms with Gasteiger partial charge in [-0.05, 0) is 30.0 Å². The van der Waals surface area contributed by atoms with Crippen molar-refractivity contribution in [3.05, 3.63) is 33.4 Å². The van der Waals surface area contributed by atoms with Crippen molar-refractivity contribution in [1.29, 1.82) is 0 Å². The zero-order valence-corrected chi connectivity index (χ0v) is 8.44. The van der Waals surface area contributed by atoms with Crippen LogP contribution in [0.5, 0.6) is 5.75 Å². The van der Waals surface area contributed by atoms with Gasteiger partial charge in [-0.25, -0.2) is 0 Å². The molecule has 14 heavy (non-hydrogen) atoms. The van der Waals surface area contributed by atoms with Crippen molar-refractivity contribution < 1.29 is 10.0 Å². The smallest absolute Gasteiger partial charge is 0.310 e.